The molecular weight excluding hydrogens is 618 g/mol. The van der Waals surface area contributed by atoms with Gasteiger partial charge >= 0.3 is 6.09 Å². The Kier molecular flexibility index (Phi) is 8.81. The first kappa shape index (κ1) is 31.6. The molecule has 0 saturated carbocycles. The molecule has 1 heterocycles. The second kappa shape index (κ2) is 13.6. The molecule has 0 spiro atoms. The molecule has 7 rings (SSSR count). The van der Waals surface area contributed by atoms with Crippen LogP contribution in [-0.2, 0) is 16.1 Å². The van der Waals surface area contributed by atoms with Crippen molar-refractivity contribution in [1.29, 1.82) is 0 Å². The minimum absolute atomic E-state index is 0.0696. The summed E-state index contributed by atoms with van der Waals surface area (Å²) in [6.07, 6.45) is -0.181. The predicted molar refractivity (Wildman–Crippen MR) is 188 cm³/mol. The van der Waals surface area contributed by atoms with Crippen LogP contribution in [-0.4, -0.2) is 29.6 Å². The van der Waals surface area contributed by atoms with Crippen molar-refractivity contribution >= 4 is 28.8 Å². The molecule has 3 aliphatic rings. The fourth-order valence-electron chi connectivity index (χ4n) is 6.24. The zero-order chi connectivity index (χ0) is 33.9. The maximum absolute atomic E-state index is 13.3. The lowest BCUT2D eigenvalue weighted by molar-refractivity contribution is -0.118. The Balaban J connectivity index is 0.950. The number of rotatable bonds is 10. The van der Waals surface area contributed by atoms with Gasteiger partial charge in [-0.25, -0.2) is 9.78 Å². The van der Waals surface area contributed by atoms with Gasteiger partial charge in [0, 0.05) is 23.7 Å². The van der Waals surface area contributed by atoms with Gasteiger partial charge in [0.25, 0.3) is 0 Å². The van der Waals surface area contributed by atoms with Crippen LogP contribution in [0, 0.1) is 5.92 Å². The highest BCUT2D eigenvalue weighted by atomic mass is 16.5. The maximum Gasteiger partial charge on any atom is 0.407 e. The summed E-state index contributed by atoms with van der Waals surface area (Å²) >= 11 is 0. The summed E-state index contributed by atoms with van der Waals surface area (Å²) in [7, 11) is 0. The van der Waals surface area contributed by atoms with Crippen LogP contribution in [0.1, 0.15) is 42.9 Å². The number of ether oxygens (including phenoxy) is 2. The van der Waals surface area contributed by atoms with Crippen molar-refractivity contribution in [2.75, 3.05) is 11.9 Å². The highest BCUT2D eigenvalue weighted by Crippen LogP contribution is 2.44. The lowest BCUT2D eigenvalue weighted by atomic mass is 9.98. The van der Waals surface area contributed by atoms with E-state index in [9.17, 15) is 14.4 Å². The molecule has 246 valence electrons. The molecule has 2 amide bonds. The van der Waals surface area contributed by atoms with E-state index in [2.05, 4.69) is 39.9 Å². The number of hydrogen-bond acceptors (Lipinski definition) is 7. The first-order valence-corrected chi connectivity index (χ1v) is 16.3. The van der Waals surface area contributed by atoms with Crippen molar-refractivity contribution < 1.29 is 23.5 Å². The molecule has 1 aliphatic heterocycles. The third-order valence-electron chi connectivity index (χ3n) is 8.61. The molecule has 4 aromatic carbocycles. The monoisotopic (exact) mass is 653 g/mol. The van der Waals surface area contributed by atoms with Crippen LogP contribution in [0.25, 0.3) is 33.7 Å². The Morgan fingerprint density at radius 2 is 1.57 bits per heavy atom. The van der Waals surface area contributed by atoms with Crippen molar-refractivity contribution in [3.05, 3.63) is 136 Å². The summed E-state index contributed by atoms with van der Waals surface area (Å²) in [6.45, 7) is 4.45. The molecule has 4 aromatic rings. The van der Waals surface area contributed by atoms with Gasteiger partial charge in [0.2, 0.25) is 5.91 Å². The molecular formula is C40H35N3O6. The Hall–Kier alpha value is -5.96. The van der Waals surface area contributed by atoms with Gasteiger partial charge in [0.15, 0.2) is 16.8 Å². The van der Waals surface area contributed by atoms with E-state index in [1.165, 1.54) is 12.1 Å². The summed E-state index contributed by atoms with van der Waals surface area (Å²) in [4.78, 5) is 42.6. The lowest BCUT2D eigenvalue weighted by Gasteiger charge is -2.21. The van der Waals surface area contributed by atoms with Crippen LogP contribution in [0.4, 0.5) is 10.5 Å². The second-order valence-electron chi connectivity index (χ2n) is 12.6. The van der Waals surface area contributed by atoms with Gasteiger partial charge in [-0.1, -0.05) is 74.5 Å². The number of benzene rings is 5. The van der Waals surface area contributed by atoms with Gasteiger partial charge in [-0.15, -0.1) is 0 Å². The number of hydrogen-bond donors (Lipinski definition) is 2. The van der Waals surface area contributed by atoms with Crippen LogP contribution < -0.4 is 20.8 Å². The van der Waals surface area contributed by atoms with Gasteiger partial charge in [-0.05, 0) is 76.6 Å². The molecule has 0 saturated heterocycles. The van der Waals surface area contributed by atoms with E-state index in [1.807, 2.05) is 62.4 Å². The molecule has 9 heteroatoms. The van der Waals surface area contributed by atoms with Gasteiger partial charge in [-0.3, -0.25) is 9.59 Å². The fourth-order valence-corrected chi connectivity index (χ4v) is 6.24. The summed E-state index contributed by atoms with van der Waals surface area (Å²) in [6, 6.07) is 32.7. The Morgan fingerprint density at radius 3 is 2.29 bits per heavy atom. The topological polar surface area (TPSA) is 120 Å². The minimum Gasteiger partial charge on any atom is -0.489 e. The minimum atomic E-state index is -0.774. The Labute approximate surface area is 283 Å². The quantitative estimate of drug-likeness (QED) is 0.145. The van der Waals surface area contributed by atoms with E-state index in [4.69, 9.17) is 13.9 Å². The molecule has 0 aromatic heterocycles. The maximum atomic E-state index is 13.3. The number of fused-ring (bicyclic) bond motifs is 5. The number of carbonyl (C=O) groups is 2. The van der Waals surface area contributed by atoms with Crippen LogP contribution in [0.2, 0.25) is 0 Å². The van der Waals surface area contributed by atoms with E-state index in [0.717, 1.165) is 27.8 Å². The number of aromatic nitrogens is 1. The molecule has 49 heavy (non-hydrogen) atoms. The molecule has 2 aliphatic carbocycles. The van der Waals surface area contributed by atoms with E-state index >= 15 is 0 Å². The largest absolute Gasteiger partial charge is 0.489 e. The van der Waals surface area contributed by atoms with Gasteiger partial charge in [0.1, 0.15) is 36.2 Å². The summed E-state index contributed by atoms with van der Waals surface area (Å²) in [5.74, 6) is 0.768. The average Bonchev–Trinajstić information content (AvgIpc) is 3.42. The predicted octanol–water partition coefficient (Wildman–Crippen LogP) is 7.76. The average molecular weight is 654 g/mol. The molecule has 2 N–H and O–H groups in total. The summed E-state index contributed by atoms with van der Waals surface area (Å²) < 4.78 is 17.6. The third-order valence-corrected chi connectivity index (χ3v) is 8.61. The van der Waals surface area contributed by atoms with Crippen molar-refractivity contribution in [2.24, 2.45) is 5.92 Å². The van der Waals surface area contributed by atoms with E-state index < -0.39 is 12.1 Å². The number of alkyl carbamates (subject to hydrolysis) is 1. The first-order valence-electron chi connectivity index (χ1n) is 16.3. The highest BCUT2D eigenvalue weighted by molar-refractivity contribution is 5.96. The number of anilines is 1. The molecule has 0 fully saturated rings. The fraction of sp³-hybridized carbons (Fsp3) is 0.200. The number of amides is 2. The normalized spacial score (nSPS) is 12.8. The molecule has 0 unspecified atom stereocenters. The second-order valence-corrected chi connectivity index (χ2v) is 12.6. The zero-order valence-corrected chi connectivity index (χ0v) is 27.1. The first-order chi connectivity index (χ1) is 23.8. The van der Waals surface area contributed by atoms with Gasteiger partial charge in [0.05, 0.1) is 0 Å². The number of nitrogens with one attached hydrogen (secondary N) is 2. The van der Waals surface area contributed by atoms with Crippen LogP contribution in [0.5, 0.6) is 5.75 Å². The molecule has 1 atom stereocenters. The number of carbonyl (C=O) groups excluding carboxylic acids is 2. The number of nitrogens with zero attached hydrogens (tertiary/aromatic N) is 1. The molecule has 0 bridgehead atoms. The summed E-state index contributed by atoms with van der Waals surface area (Å²) in [5.41, 5.74) is 7.66. The third kappa shape index (κ3) is 7.01. The Bertz CT molecular complexity index is 2130. The van der Waals surface area contributed by atoms with Gasteiger partial charge < -0.3 is 24.5 Å². The van der Waals surface area contributed by atoms with Crippen molar-refractivity contribution in [2.45, 2.75) is 38.8 Å². The van der Waals surface area contributed by atoms with Crippen LogP contribution >= 0.6 is 0 Å². The van der Waals surface area contributed by atoms with Crippen LogP contribution in [0.15, 0.2) is 118 Å². The zero-order valence-electron chi connectivity index (χ0n) is 27.1. The van der Waals surface area contributed by atoms with E-state index in [0.29, 0.717) is 40.4 Å². The smallest absolute Gasteiger partial charge is 0.407 e. The van der Waals surface area contributed by atoms with Crippen molar-refractivity contribution in [3.63, 3.8) is 0 Å². The molecule has 0 radical (unpaired) electrons. The van der Waals surface area contributed by atoms with Crippen LogP contribution in [0.3, 0.4) is 0 Å². The van der Waals surface area contributed by atoms with Crippen molar-refractivity contribution in [1.82, 2.24) is 10.3 Å². The lowest BCUT2D eigenvalue weighted by Crippen LogP contribution is -2.45. The van der Waals surface area contributed by atoms with E-state index in [1.54, 1.807) is 24.3 Å². The highest BCUT2D eigenvalue weighted by Gasteiger charge is 2.30. The van der Waals surface area contributed by atoms with Crippen molar-refractivity contribution in [3.8, 4) is 28.3 Å². The Morgan fingerprint density at radius 1 is 0.857 bits per heavy atom. The SMILES string of the molecule is CC(C)C[C@H](NC(=O)OCC1c2ccccc2-c2ccccc21)C(=O)Nc1ccc(COc2ccc3nc4ccc(=O)cc-4oc3c2)cc1. The standard InChI is InChI=1S/C40H35N3O6/c1-24(2)19-36(43-40(46)48-23-33-31-9-5-3-7-29(31)30-8-4-6-10-32(30)33)39(45)41-26-13-11-25(12-14-26)22-47-28-16-18-35-38(21-28)49-37-20-27(44)15-17-34(37)42-35/h3-18,20-21,24,33,36H,19,22-23H2,1-2H3,(H,41,45)(H,43,46)/t36-/m0/s1. The molecule has 9 nitrogen and oxygen atoms in total. The van der Waals surface area contributed by atoms with E-state index in [-0.39, 0.29) is 36.4 Å². The summed E-state index contributed by atoms with van der Waals surface area (Å²) in [5, 5.41) is 5.72. The van der Waals surface area contributed by atoms with Gasteiger partial charge in [-0.2, -0.15) is 0 Å².